The zero-order valence-electron chi connectivity index (χ0n) is 11.3. The standard InChI is InChI=1S/C14H24N2O/c1-12(17)13-6-4-8-16(10-13)9-5-7-14(2,3)11-15/h13H,4-10H2,1-3H3. The van der Waals surface area contributed by atoms with E-state index in [0.29, 0.717) is 5.78 Å². The van der Waals surface area contributed by atoms with Crippen LogP contribution in [-0.4, -0.2) is 30.3 Å². The maximum Gasteiger partial charge on any atom is 0.134 e. The van der Waals surface area contributed by atoms with E-state index in [1.807, 2.05) is 13.8 Å². The van der Waals surface area contributed by atoms with Crippen molar-refractivity contribution in [3.63, 3.8) is 0 Å². The molecular weight excluding hydrogens is 212 g/mol. The zero-order valence-corrected chi connectivity index (χ0v) is 11.3. The summed E-state index contributed by atoms with van der Waals surface area (Å²) in [5, 5.41) is 8.94. The second kappa shape index (κ2) is 6.16. The molecule has 0 radical (unpaired) electrons. The summed E-state index contributed by atoms with van der Waals surface area (Å²) in [7, 11) is 0. The fourth-order valence-corrected chi connectivity index (χ4v) is 2.39. The normalized spacial score (nSPS) is 22.1. The molecule has 0 bridgehead atoms. The number of Topliss-reactive ketones (excluding diaryl/α,β-unsaturated/α-hetero) is 1. The van der Waals surface area contributed by atoms with E-state index in [-0.39, 0.29) is 11.3 Å². The van der Waals surface area contributed by atoms with Crippen molar-refractivity contribution in [2.24, 2.45) is 11.3 Å². The summed E-state index contributed by atoms with van der Waals surface area (Å²) >= 11 is 0. The van der Waals surface area contributed by atoms with Crippen LogP contribution in [0.1, 0.15) is 46.5 Å². The van der Waals surface area contributed by atoms with E-state index in [2.05, 4.69) is 11.0 Å². The molecule has 3 heteroatoms. The van der Waals surface area contributed by atoms with E-state index in [0.717, 1.165) is 45.3 Å². The van der Waals surface area contributed by atoms with E-state index < -0.39 is 0 Å². The average Bonchev–Trinajstić information content (AvgIpc) is 2.29. The highest BCUT2D eigenvalue weighted by molar-refractivity contribution is 5.78. The first-order valence-corrected chi connectivity index (χ1v) is 6.59. The van der Waals surface area contributed by atoms with Gasteiger partial charge in [0.2, 0.25) is 0 Å². The van der Waals surface area contributed by atoms with Crippen molar-refractivity contribution >= 4 is 5.78 Å². The van der Waals surface area contributed by atoms with Crippen LogP contribution in [0.2, 0.25) is 0 Å². The smallest absolute Gasteiger partial charge is 0.134 e. The Labute approximate surface area is 105 Å². The van der Waals surface area contributed by atoms with Crippen molar-refractivity contribution in [2.45, 2.75) is 46.5 Å². The maximum atomic E-state index is 11.4. The Morgan fingerprint density at radius 1 is 1.53 bits per heavy atom. The fourth-order valence-electron chi connectivity index (χ4n) is 2.39. The van der Waals surface area contributed by atoms with Gasteiger partial charge in [0.25, 0.3) is 0 Å². The third-order valence-corrected chi connectivity index (χ3v) is 3.66. The Balaban J connectivity index is 2.28. The van der Waals surface area contributed by atoms with E-state index in [9.17, 15) is 4.79 Å². The molecule has 1 unspecified atom stereocenters. The average molecular weight is 236 g/mol. The van der Waals surface area contributed by atoms with Crippen molar-refractivity contribution < 1.29 is 4.79 Å². The highest BCUT2D eigenvalue weighted by atomic mass is 16.1. The minimum absolute atomic E-state index is 0.213. The molecule has 0 aromatic carbocycles. The molecule has 17 heavy (non-hydrogen) atoms. The highest BCUT2D eigenvalue weighted by Gasteiger charge is 2.23. The van der Waals surface area contributed by atoms with Crippen molar-refractivity contribution in [3.8, 4) is 6.07 Å². The summed E-state index contributed by atoms with van der Waals surface area (Å²) in [6, 6.07) is 2.33. The molecule has 96 valence electrons. The van der Waals surface area contributed by atoms with Crippen LogP contribution in [0.5, 0.6) is 0 Å². The second-order valence-corrected chi connectivity index (χ2v) is 5.85. The van der Waals surface area contributed by atoms with Crippen molar-refractivity contribution in [2.75, 3.05) is 19.6 Å². The largest absolute Gasteiger partial charge is 0.303 e. The predicted molar refractivity (Wildman–Crippen MR) is 68.5 cm³/mol. The van der Waals surface area contributed by atoms with E-state index in [4.69, 9.17) is 5.26 Å². The van der Waals surface area contributed by atoms with Crippen LogP contribution in [0.25, 0.3) is 0 Å². The van der Waals surface area contributed by atoms with Gasteiger partial charge >= 0.3 is 0 Å². The molecular formula is C14H24N2O. The Kier molecular flexibility index (Phi) is 5.14. The number of hydrogen-bond acceptors (Lipinski definition) is 3. The van der Waals surface area contributed by atoms with Gasteiger partial charge < -0.3 is 4.90 Å². The van der Waals surface area contributed by atoms with Gasteiger partial charge in [-0.2, -0.15) is 5.26 Å². The van der Waals surface area contributed by atoms with Gasteiger partial charge in [-0.25, -0.2) is 0 Å². The third-order valence-electron chi connectivity index (χ3n) is 3.66. The Morgan fingerprint density at radius 3 is 2.82 bits per heavy atom. The summed E-state index contributed by atoms with van der Waals surface area (Å²) in [6.07, 6.45) is 4.16. The molecule has 0 aliphatic carbocycles. The second-order valence-electron chi connectivity index (χ2n) is 5.85. The maximum absolute atomic E-state index is 11.4. The van der Waals surface area contributed by atoms with Crippen LogP contribution in [-0.2, 0) is 4.79 Å². The lowest BCUT2D eigenvalue weighted by Crippen LogP contribution is -2.38. The monoisotopic (exact) mass is 236 g/mol. The molecule has 1 aliphatic rings. The number of piperidine rings is 1. The molecule has 0 aromatic rings. The van der Waals surface area contributed by atoms with Crippen LogP contribution in [0.15, 0.2) is 0 Å². The highest BCUT2D eigenvalue weighted by Crippen LogP contribution is 2.22. The van der Waals surface area contributed by atoms with Gasteiger partial charge in [0.1, 0.15) is 5.78 Å². The van der Waals surface area contributed by atoms with Gasteiger partial charge in [0.05, 0.1) is 11.5 Å². The molecule has 1 heterocycles. The van der Waals surface area contributed by atoms with Gasteiger partial charge in [0, 0.05) is 12.5 Å². The van der Waals surface area contributed by atoms with Crippen molar-refractivity contribution in [1.82, 2.24) is 4.90 Å². The van der Waals surface area contributed by atoms with Crippen molar-refractivity contribution in [1.29, 1.82) is 5.26 Å². The Hall–Kier alpha value is -0.880. The fraction of sp³-hybridized carbons (Fsp3) is 0.857. The van der Waals surface area contributed by atoms with Crippen LogP contribution >= 0.6 is 0 Å². The van der Waals surface area contributed by atoms with E-state index in [1.165, 1.54) is 0 Å². The Morgan fingerprint density at radius 2 is 2.24 bits per heavy atom. The topological polar surface area (TPSA) is 44.1 Å². The number of carbonyl (C=O) groups excluding carboxylic acids is 1. The number of ketones is 1. The molecule has 1 atom stereocenters. The first-order valence-electron chi connectivity index (χ1n) is 6.59. The third kappa shape index (κ3) is 4.87. The summed E-state index contributed by atoms with van der Waals surface area (Å²) in [4.78, 5) is 13.7. The number of nitriles is 1. The minimum atomic E-state index is -0.213. The molecule has 3 nitrogen and oxygen atoms in total. The molecule has 0 amide bonds. The zero-order chi connectivity index (χ0) is 12.9. The number of rotatable bonds is 5. The van der Waals surface area contributed by atoms with E-state index in [1.54, 1.807) is 6.92 Å². The molecule has 1 rings (SSSR count). The van der Waals surface area contributed by atoms with Gasteiger partial charge in [-0.05, 0) is 59.5 Å². The van der Waals surface area contributed by atoms with Crippen molar-refractivity contribution in [3.05, 3.63) is 0 Å². The van der Waals surface area contributed by atoms with Crippen LogP contribution < -0.4 is 0 Å². The van der Waals surface area contributed by atoms with Crippen LogP contribution in [0, 0.1) is 22.7 Å². The van der Waals surface area contributed by atoms with Gasteiger partial charge in [-0.15, -0.1) is 0 Å². The molecule has 1 saturated heterocycles. The van der Waals surface area contributed by atoms with Crippen LogP contribution in [0.3, 0.4) is 0 Å². The predicted octanol–water partition coefficient (Wildman–Crippen LogP) is 2.62. The lowest BCUT2D eigenvalue weighted by molar-refractivity contribution is -0.122. The molecule has 0 spiro atoms. The van der Waals surface area contributed by atoms with Gasteiger partial charge in [-0.3, -0.25) is 4.79 Å². The molecule has 1 aliphatic heterocycles. The molecule has 1 fully saturated rings. The summed E-state index contributed by atoms with van der Waals surface area (Å²) < 4.78 is 0. The minimum Gasteiger partial charge on any atom is -0.303 e. The Bertz CT molecular complexity index is 304. The summed E-state index contributed by atoms with van der Waals surface area (Å²) in [6.45, 7) is 8.73. The first-order chi connectivity index (χ1) is 7.94. The molecule has 0 aromatic heterocycles. The number of likely N-dealkylation sites (tertiary alicyclic amines) is 1. The number of nitrogens with zero attached hydrogens (tertiary/aromatic N) is 2. The first kappa shape index (κ1) is 14.2. The summed E-state index contributed by atoms with van der Waals surface area (Å²) in [5.74, 6) is 0.569. The van der Waals surface area contributed by atoms with E-state index >= 15 is 0 Å². The molecule has 0 N–H and O–H groups in total. The number of hydrogen-bond donors (Lipinski definition) is 0. The van der Waals surface area contributed by atoms with Crippen LogP contribution in [0.4, 0.5) is 0 Å². The SMILES string of the molecule is CC(=O)C1CCCN(CCCC(C)(C)C#N)C1. The van der Waals surface area contributed by atoms with Gasteiger partial charge in [-0.1, -0.05) is 0 Å². The lowest BCUT2D eigenvalue weighted by Gasteiger charge is -2.31. The molecule has 0 saturated carbocycles. The van der Waals surface area contributed by atoms with Gasteiger partial charge in [0.15, 0.2) is 0 Å². The quantitative estimate of drug-likeness (QED) is 0.737. The lowest BCUT2D eigenvalue weighted by atomic mass is 9.89. The number of carbonyl (C=O) groups is 1. The summed E-state index contributed by atoms with van der Waals surface area (Å²) in [5.41, 5.74) is -0.213.